The molecule has 0 N–H and O–H groups in total. The molecular formula is C15H19BrN2O5S3. The molecule has 144 valence electrons. The molecule has 1 aliphatic carbocycles. The highest BCUT2D eigenvalue weighted by atomic mass is 79.9. The zero-order chi connectivity index (χ0) is 19.3. The van der Waals surface area contributed by atoms with Crippen LogP contribution in [0.4, 0.5) is 0 Å². The summed E-state index contributed by atoms with van der Waals surface area (Å²) in [6.07, 6.45) is 2.91. The van der Waals surface area contributed by atoms with E-state index in [1.165, 1.54) is 28.2 Å². The van der Waals surface area contributed by atoms with Gasteiger partial charge in [0.05, 0.1) is 15.7 Å². The predicted molar refractivity (Wildman–Crippen MR) is 103 cm³/mol. The van der Waals surface area contributed by atoms with Gasteiger partial charge in [-0.25, -0.2) is 16.8 Å². The molecule has 26 heavy (non-hydrogen) atoms. The second-order valence-electron chi connectivity index (χ2n) is 6.45. The molecule has 0 bridgehead atoms. The lowest BCUT2D eigenvalue weighted by Gasteiger charge is -2.27. The van der Waals surface area contributed by atoms with Crippen molar-refractivity contribution in [1.29, 1.82) is 0 Å². The molecule has 1 unspecified atom stereocenters. The summed E-state index contributed by atoms with van der Waals surface area (Å²) >= 11 is 4.57. The molecule has 1 amide bonds. The lowest BCUT2D eigenvalue weighted by atomic mass is 10.3. The van der Waals surface area contributed by atoms with Crippen molar-refractivity contribution in [1.82, 2.24) is 9.21 Å². The average Bonchev–Trinajstić information content (AvgIpc) is 3.28. The number of sulfone groups is 1. The van der Waals surface area contributed by atoms with Crippen LogP contribution in [0.5, 0.6) is 0 Å². The van der Waals surface area contributed by atoms with Crippen molar-refractivity contribution in [2.24, 2.45) is 0 Å². The molecule has 0 spiro atoms. The summed E-state index contributed by atoms with van der Waals surface area (Å²) in [7, 11) is -5.89. The van der Waals surface area contributed by atoms with Gasteiger partial charge >= 0.3 is 0 Å². The summed E-state index contributed by atoms with van der Waals surface area (Å²) in [6, 6.07) is 3.31. The number of sulfonamides is 1. The Bertz CT molecular complexity index is 944. The summed E-state index contributed by atoms with van der Waals surface area (Å²) in [6.45, 7) is 0. The van der Waals surface area contributed by atoms with Crippen LogP contribution in [0, 0.1) is 0 Å². The number of amides is 1. The van der Waals surface area contributed by atoms with Crippen molar-refractivity contribution in [3.63, 3.8) is 0 Å². The monoisotopic (exact) mass is 482 g/mol. The van der Waals surface area contributed by atoms with Gasteiger partial charge in [-0.1, -0.05) is 0 Å². The Labute approximate surface area is 166 Å². The van der Waals surface area contributed by atoms with E-state index in [4.69, 9.17) is 0 Å². The van der Waals surface area contributed by atoms with Crippen LogP contribution in [0.3, 0.4) is 0 Å². The van der Waals surface area contributed by atoms with Gasteiger partial charge < -0.3 is 4.90 Å². The number of benzene rings is 1. The van der Waals surface area contributed by atoms with Gasteiger partial charge in [0.15, 0.2) is 9.84 Å². The second-order valence-corrected chi connectivity index (χ2v) is 12.2. The maximum Gasteiger partial charge on any atom is 0.245 e. The van der Waals surface area contributed by atoms with Crippen LogP contribution in [-0.4, -0.2) is 69.0 Å². The Kier molecular flexibility index (Phi) is 5.48. The third-order valence-corrected chi connectivity index (χ3v) is 9.62. The van der Waals surface area contributed by atoms with Gasteiger partial charge in [-0.2, -0.15) is 4.31 Å². The molecule has 1 aromatic rings. The van der Waals surface area contributed by atoms with E-state index >= 15 is 0 Å². The lowest BCUT2D eigenvalue weighted by Crippen LogP contribution is -2.48. The molecule has 1 saturated carbocycles. The molecule has 1 atom stereocenters. The minimum absolute atomic E-state index is 0.0795. The van der Waals surface area contributed by atoms with E-state index in [0.29, 0.717) is 5.75 Å². The van der Waals surface area contributed by atoms with Crippen molar-refractivity contribution in [3.8, 4) is 0 Å². The number of carbonyl (C=O) groups is 1. The van der Waals surface area contributed by atoms with Crippen LogP contribution >= 0.6 is 27.7 Å². The van der Waals surface area contributed by atoms with E-state index < -0.39 is 25.9 Å². The van der Waals surface area contributed by atoms with Gasteiger partial charge in [-0.05, 0) is 47.0 Å². The Hall–Kier alpha value is -0.620. The van der Waals surface area contributed by atoms with Gasteiger partial charge in [0, 0.05) is 29.6 Å². The Morgan fingerprint density at radius 2 is 1.92 bits per heavy atom. The van der Waals surface area contributed by atoms with E-state index in [1.807, 2.05) is 0 Å². The summed E-state index contributed by atoms with van der Waals surface area (Å²) in [5.74, 6) is 0.335. The van der Waals surface area contributed by atoms with E-state index in [1.54, 1.807) is 11.9 Å². The lowest BCUT2D eigenvalue weighted by molar-refractivity contribution is -0.133. The first-order valence-electron chi connectivity index (χ1n) is 7.89. The third-order valence-electron chi connectivity index (χ3n) is 4.49. The number of nitrogens with zero attached hydrogens (tertiary/aromatic N) is 2. The first-order valence-corrected chi connectivity index (χ1v) is 13.2. The van der Waals surface area contributed by atoms with Crippen LogP contribution in [-0.2, 0) is 24.7 Å². The molecule has 7 nitrogen and oxygen atoms in total. The molecular weight excluding hydrogens is 464 g/mol. The highest BCUT2D eigenvalue weighted by Gasteiger charge is 2.44. The fraction of sp³-hybridized carbons (Fsp3) is 0.533. The van der Waals surface area contributed by atoms with Crippen LogP contribution in [0.15, 0.2) is 32.5 Å². The summed E-state index contributed by atoms with van der Waals surface area (Å²) in [5, 5.41) is 0. The average molecular weight is 483 g/mol. The van der Waals surface area contributed by atoms with Gasteiger partial charge in [0.2, 0.25) is 15.9 Å². The fourth-order valence-corrected chi connectivity index (χ4v) is 7.58. The summed E-state index contributed by atoms with van der Waals surface area (Å²) < 4.78 is 51.4. The zero-order valence-corrected chi connectivity index (χ0v) is 18.3. The van der Waals surface area contributed by atoms with Crippen LogP contribution in [0.2, 0.25) is 0 Å². The van der Waals surface area contributed by atoms with E-state index in [9.17, 15) is 21.6 Å². The number of halogens is 1. The maximum absolute atomic E-state index is 13.2. The number of rotatable bonds is 5. The van der Waals surface area contributed by atoms with Crippen LogP contribution in [0.25, 0.3) is 0 Å². The number of hydrogen-bond donors (Lipinski definition) is 0. The fourth-order valence-electron chi connectivity index (χ4n) is 2.77. The van der Waals surface area contributed by atoms with Gasteiger partial charge in [-0.15, -0.1) is 11.8 Å². The minimum Gasteiger partial charge on any atom is -0.341 e. The Balaban J connectivity index is 1.98. The van der Waals surface area contributed by atoms with Gasteiger partial charge in [-0.3, -0.25) is 4.79 Å². The van der Waals surface area contributed by atoms with Crippen molar-refractivity contribution >= 4 is 53.5 Å². The van der Waals surface area contributed by atoms with E-state index in [0.717, 1.165) is 25.2 Å². The number of carbonyl (C=O) groups excluding carboxylic acids is 1. The number of hydrogen-bond acceptors (Lipinski definition) is 6. The summed E-state index contributed by atoms with van der Waals surface area (Å²) in [5.41, 5.74) is 0. The number of likely N-dealkylation sites (N-methyl/N-ethyl adjacent to an activating group) is 1. The highest BCUT2D eigenvalue weighted by molar-refractivity contribution is 9.10. The van der Waals surface area contributed by atoms with Crippen molar-refractivity contribution in [2.75, 3.05) is 24.9 Å². The molecule has 0 radical (unpaired) electrons. The SMILES string of the molecule is CN(C(=O)C1CSCN1S(=O)(=O)c1cc(S(C)(=O)=O)ccc1Br)C1CC1. The maximum atomic E-state index is 13.2. The largest absolute Gasteiger partial charge is 0.341 e. The molecule has 3 rings (SSSR count). The van der Waals surface area contributed by atoms with E-state index in [-0.39, 0.29) is 32.1 Å². The van der Waals surface area contributed by atoms with Gasteiger partial charge in [0.25, 0.3) is 0 Å². The Morgan fingerprint density at radius 3 is 2.50 bits per heavy atom. The molecule has 0 aromatic heterocycles. The molecule has 1 heterocycles. The van der Waals surface area contributed by atoms with Crippen LogP contribution < -0.4 is 0 Å². The second kappa shape index (κ2) is 7.08. The molecule has 2 fully saturated rings. The van der Waals surface area contributed by atoms with Crippen molar-refractivity contribution in [2.45, 2.75) is 34.7 Å². The predicted octanol–water partition coefficient (Wildman–Crippen LogP) is 1.54. The van der Waals surface area contributed by atoms with E-state index in [2.05, 4.69) is 15.9 Å². The standard InChI is InChI=1S/C15H19BrN2O5S3/c1-17(10-3-4-10)15(19)13-8-24-9-18(13)26(22,23)14-7-11(25(2,20)21)5-6-12(14)16/h5-7,10,13H,3-4,8-9H2,1-2H3. The minimum atomic E-state index is -4.03. The zero-order valence-electron chi connectivity index (χ0n) is 14.3. The van der Waals surface area contributed by atoms with Crippen molar-refractivity contribution < 1.29 is 21.6 Å². The molecule has 1 saturated heterocycles. The third kappa shape index (κ3) is 3.82. The smallest absolute Gasteiger partial charge is 0.245 e. The van der Waals surface area contributed by atoms with Gasteiger partial charge in [0.1, 0.15) is 6.04 Å². The molecule has 1 aliphatic heterocycles. The topological polar surface area (TPSA) is 91.8 Å². The van der Waals surface area contributed by atoms with Crippen LogP contribution in [0.1, 0.15) is 12.8 Å². The summed E-state index contributed by atoms with van der Waals surface area (Å²) in [4.78, 5) is 14.1. The normalized spacial score (nSPS) is 21.7. The quantitative estimate of drug-likeness (QED) is 0.631. The molecule has 11 heteroatoms. The Morgan fingerprint density at radius 1 is 1.27 bits per heavy atom. The number of thioether (sulfide) groups is 1. The first-order chi connectivity index (χ1) is 12.0. The highest BCUT2D eigenvalue weighted by Crippen LogP contribution is 2.35. The van der Waals surface area contributed by atoms with Crippen molar-refractivity contribution in [3.05, 3.63) is 22.7 Å². The molecule has 2 aliphatic rings. The first kappa shape index (κ1) is 20.1. The molecule has 1 aromatic carbocycles.